The van der Waals surface area contributed by atoms with Crippen molar-refractivity contribution in [3.8, 4) is 5.75 Å². The van der Waals surface area contributed by atoms with Crippen molar-refractivity contribution in [2.45, 2.75) is 18.9 Å². The Bertz CT molecular complexity index is 714. The highest BCUT2D eigenvalue weighted by atomic mass is 35.5. The lowest BCUT2D eigenvalue weighted by Gasteiger charge is -2.28. The van der Waals surface area contributed by atoms with Crippen molar-refractivity contribution < 1.29 is 9.53 Å². The van der Waals surface area contributed by atoms with Crippen LogP contribution in [0.3, 0.4) is 0 Å². The zero-order valence-corrected chi connectivity index (χ0v) is 14.0. The molecule has 2 aromatic rings. The number of nitrogens with one attached hydrogen (secondary N) is 1. The first-order valence-corrected chi connectivity index (χ1v) is 7.98. The van der Waals surface area contributed by atoms with Gasteiger partial charge < -0.3 is 10.1 Å². The minimum absolute atomic E-state index is 0. The standard InChI is InChI=1S/C16H19N5O2.ClH/c22-16(20-8-9-23-14-6-2-1-5-13(14)20)15-18-11-21(19-15)12-4-3-7-17-10-12;/h1-2,5-6,11-12,17H,3-4,7-10H2;1H. The Morgan fingerprint density at radius 1 is 1.33 bits per heavy atom. The number of carbonyl (C=O) groups excluding carboxylic acids is 1. The average molecular weight is 350 g/mol. The van der Waals surface area contributed by atoms with E-state index in [1.165, 1.54) is 0 Å². The molecule has 2 aliphatic rings. The van der Waals surface area contributed by atoms with Crippen molar-refractivity contribution in [3.63, 3.8) is 0 Å². The van der Waals surface area contributed by atoms with Gasteiger partial charge in [0, 0.05) is 6.54 Å². The smallest absolute Gasteiger partial charge is 0.298 e. The fourth-order valence-corrected chi connectivity index (χ4v) is 3.11. The Morgan fingerprint density at radius 3 is 3.04 bits per heavy atom. The molecular weight excluding hydrogens is 330 g/mol. The number of hydrogen-bond acceptors (Lipinski definition) is 5. The second-order valence-corrected chi connectivity index (χ2v) is 5.82. The number of nitrogens with zero attached hydrogens (tertiary/aromatic N) is 4. The van der Waals surface area contributed by atoms with E-state index in [0.29, 0.717) is 13.2 Å². The van der Waals surface area contributed by atoms with Crippen LogP contribution in [0.15, 0.2) is 30.6 Å². The maximum Gasteiger partial charge on any atom is 0.298 e. The number of piperidine rings is 1. The molecule has 1 unspecified atom stereocenters. The van der Waals surface area contributed by atoms with Gasteiger partial charge in [0.15, 0.2) is 0 Å². The average Bonchev–Trinajstić information content (AvgIpc) is 3.11. The van der Waals surface area contributed by atoms with Crippen LogP contribution in [-0.4, -0.2) is 46.9 Å². The van der Waals surface area contributed by atoms with Gasteiger partial charge in [-0.15, -0.1) is 17.5 Å². The van der Waals surface area contributed by atoms with E-state index in [4.69, 9.17) is 4.74 Å². The summed E-state index contributed by atoms with van der Waals surface area (Å²) < 4.78 is 7.40. The van der Waals surface area contributed by atoms with Gasteiger partial charge in [0.2, 0.25) is 5.82 Å². The fourth-order valence-electron chi connectivity index (χ4n) is 3.11. The number of carbonyl (C=O) groups is 1. The van der Waals surface area contributed by atoms with Gasteiger partial charge in [-0.1, -0.05) is 12.1 Å². The molecule has 128 valence electrons. The third-order valence-corrected chi connectivity index (χ3v) is 4.32. The molecule has 4 rings (SSSR count). The lowest BCUT2D eigenvalue weighted by molar-refractivity contribution is 0.0966. The summed E-state index contributed by atoms with van der Waals surface area (Å²) in [6, 6.07) is 7.82. The third kappa shape index (κ3) is 3.09. The first-order valence-electron chi connectivity index (χ1n) is 7.98. The summed E-state index contributed by atoms with van der Waals surface area (Å²) in [5.41, 5.74) is 0.777. The Labute approximate surface area is 146 Å². The lowest BCUT2D eigenvalue weighted by Crippen LogP contribution is -2.38. The van der Waals surface area contributed by atoms with E-state index in [0.717, 1.165) is 37.4 Å². The summed E-state index contributed by atoms with van der Waals surface area (Å²) in [4.78, 5) is 18.7. The van der Waals surface area contributed by atoms with Crippen molar-refractivity contribution in [3.05, 3.63) is 36.4 Å². The molecule has 8 heteroatoms. The van der Waals surface area contributed by atoms with Crippen LogP contribution in [0.2, 0.25) is 0 Å². The van der Waals surface area contributed by atoms with Crippen LogP contribution >= 0.6 is 12.4 Å². The van der Waals surface area contributed by atoms with Gasteiger partial charge >= 0.3 is 0 Å². The third-order valence-electron chi connectivity index (χ3n) is 4.32. The number of halogens is 1. The summed E-state index contributed by atoms with van der Waals surface area (Å²) in [7, 11) is 0. The Hall–Kier alpha value is -2.12. The number of benzene rings is 1. The second-order valence-electron chi connectivity index (χ2n) is 5.82. The van der Waals surface area contributed by atoms with Crippen molar-refractivity contribution in [1.82, 2.24) is 20.1 Å². The van der Waals surface area contributed by atoms with Crippen LogP contribution in [0.5, 0.6) is 5.75 Å². The maximum absolute atomic E-state index is 12.8. The molecule has 1 atom stereocenters. The van der Waals surface area contributed by atoms with Gasteiger partial charge in [-0.25, -0.2) is 9.67 Å². The van der Waals surface area contributed by atoms with Crippen molar-refractivity contribution in [2.75, 3.05) is 31.1 Å². The Morgan fingerprint density at radius 2 is 2.21 bits per heavy atom. The second kappa shape index (κ2) is 7.19. The molecule has 1 aromatic heterocycles. The van der Waals surface area contributed by atoms with Crippen molar-refractivity contribution in [2.24, 2.45) is 0 Å². The van der Waals surface area contributed by atoms with Gasteiger partial charge in [-0.05, 0) is 31.5 Å². The minimum atomic E-state index is -0.178. The van der Waals surface area contributed by atoms with Crippen molar-refractivity contribution >= 4 is 24.0 Å². The normalized spacial score (nSPS) is 19.8. The molecule has 2 aliphatic heterocycles. The van der Waals surface area contributed by atoms with Gasteiger partial charge in [0.05, 0.1) is 18.3 Å². The van der Waals surface area contributed by atoms with Crippen LogP contribution in [0.4, 0.5) is 5.69 Å². The van der Waals surface area contributed by atoms with E-state index in [1.807, 2.05) is 28.9 Å². The highest BCUT2D eigenvalue weighted by Crippen LogP contribution is 2.31. The van der Waals surface area contributed by atoms with E-state index >= 15 is 0 Å². The fraction of sp³-hybridized carbons (Fsp3) is 0.438. The zero-order chi connectivity index (χ0) is 15.6. The molecule has 0 saturated carbocycles. The zero-order valence-electron chi connectivity index (χ0n) is 13.2. The van der Waals surface area contributed by atoms with Crippen LogP contribution in [-0.2, 0) is 0 Å². The van der Waals surface area contributed by atoms with Gasteiger partial charge in [0.25, 0.3) is 5.91 Å². The van der Waals surface area contributed by atoms with Gasteiger partial charge in [0.1, 0.15) is 18.7 Å². The molecule has 3 heterocycles. The van der Waals surface area contributed by atoms with Gasteiger partial charge in [-0.3, -0.25) is 9.69 Å². The van der Waals surface area contributed by atoms with Crippen LogP contribution in [0, 0.1) is 0 Å². The van der Waals surface area contributed by atoms with E-state index in [-0.39, 0.29) is 30.2 Å². The first kappa shape index (κ1) is 16.7. The first-order chi connectivity index (χ1) is 11.3. The summed E-state index contributed by atoms with van der Waals surface area (Å²) in [6.07, 6.45) is 3.84. The monoisotopic (exact) mass is 349 g/mol. The molecule has 0 aliphatic carbocycles. The summed E-state index contributed by atoms with van der Waals surface area (Å²) in [6.45, 7) is 2.91. The molecule has 24 heavy (non-hydrogen) atoms. The predicted molar refractivity (Wildman–Crippen MR) is 92.0 cm³/mol. The van der Waals surface area contributed by atoms with Crippen LogP contribution in [0.25, 0.3) is 0 Å². The number of hydrogen-bond donors (Lipinski definition) is 1. The molecule has 1 saturated heterocycles. The predicted octanol–water partition coefficient (Wildman–Crippen LogP) is 1.66. The number of fused-ring (bicyclic) bond motifs is 1. The molecule has 1 N–H and O–H groups in total. The lowest BCUT2D eigenvalue weighted by atomic mass is 10.1. The largest absolute Gasteiger partial charge is 0.490 e. The Balaban J connectivity index is 0.00000169. The minimum Gasteiger partial charge on any atom is -0.490 e. The molecule has 1 fully saturated rings. The van der Waals surface area contributed by atoms with E-state index in [9.17, 15) is 4.79 Å². The van der Waals surface area contributed by atoms with Gasteiger partial charge in [-0.2, -0.15) is 0 Å². The highest BCUT2D eigenvalue weighted by Gasteiger charge is 2.27. The van der Waals surface area contributed by atoms with E-state index in [2.05, 4.69) is 15.4 Å². The SMILES string of the molecule is Cl.O=C(c1ncn(C2CCCNC2)n1)N1CCOc2ccccc21. The number of amides is 1. The molecule has 1 aromatic carbocycles. The van der Waals surface area contributed by atoms with Crippen LogP contribution in [0.1, 0.15) is 29.5 Å². The van der Waals surface area contributed by atoms with Crippen LogP contribution < -0.4 is 15.0 Å². The molecule has 0 radical (unpaired) electrons. The topological polar surface area (TPSA) is 72.3 Å². The number of anilines is 1. The quantitative estimate of drug-likeness (QED) is 0.892. The molecule has 1 amide bonds. The number of ether oxygens (including phenoxy) is 1. The highest BCUT2D eigenvalue weighted by molar-refractivity contribution is 6.04. The summed E-state index contributed by atoms with van der Waals surface area (Å²) in [5.74, 6) is 0.790. The Kier molecular flexibility index (Phi) is 5.01. The molecule has 0 bridgehead atoms. The maximum atomic E-state index is 12.8. The molecule has 0 spiro atoms. The van der Waals surface area contributed by atoms with Crippen molar-refractivity contribution in [1.29, 1.82) is 0 Å². The number of para-hydroxylation sites is 2. The molecular formula is C16H20ClN5O2. The molecule has 7 nitrogen and oxygen atoms in total. The summed E-state index contributed by atoms with van der Waals surface area (Å²) in [5, 5.41) is 7.76. The van der Waals surface area contributed by atoms with E-state index in [1.54, 1.807) is 11.2 Å². The van der Waals surface area contributed by atoms with E-state index < -0.39 is 0 Å². The summed E-state index contributed by atoms with van der Waals surface area (Å²) >= 11 is 0. The number of aromatic nitrogens is 3. The number of rotatable bonds is 2.